The van der Waals surface area contributed by atoms with Crippen LogP contribution in [0.3, 0.4) is 0 Å². The molecule has 0 aliphatic carbocycles. The van der Waals surface area contributed by atoms with Crippen LogP contribution in [0.1, 0.15) is 93.9 Å². The smallest absolute Gasteiger partial charge is 0.338 e. The van der Waals surface area contributed by atoms with Crippen LogP contribution in [-0.4, -0.2) is 25.7 Å². The quantitative estimate of drug-likeness (QED) is 0.226. The summed E-state index contributed by atoms with van der Waals surface area (Å²) in [6, 6.07) is 6.25. The molecule has 0 saturated heterocycles. The molecule has 0 aliphatic heterocycles. The predicted molar refractivity (Wildman–Crippen MR) is 136 cm³/mol. The lowest BCUT2D eigenvalue weighted by Gasteiger charge is -2.05. The van der Waals surface area contributed by atoms with Crippen molar-refractivity contribution in [3.05, 3.63) is 82.0 Å². The Kier molecular flexibility index (Phi) is 13.5. The van der Waals surface area contributed by atoms with Crippen LogP contribution in [-0.2, 0) is 9.47 Å². The molecule has 0 spiro atoms. The second-order valence-electron chi connectivity index (χ2n) is 8.72. The van der Waals surface area contributed by atoms with Crippen molar-refractivity contribution in [3.63, 3.8) is 0 Å². The van der Waals surface area contributed by atoms with Gasteiger partial charge < -0.3 is 9.47 Å². The Morgan fingerprint density at radius 1 is 0.667 bits per heavy atom. The summed E-state index contributed by atoms with van der Waals surface area (Å²) in [5.74, 6) is -0.838. The normalized spacial score (nSPS) is 12.4. The Balaban J connectivity index is 2.32. The second-order valence-corrected chi connectivity index (χ2v) is 8.72. The van der Waals surface area contributed by atoms with Crippen LogP contribution in [0.25, 0.3) is 0 Å². The van der Waals surface area contributed by atoms with Crippen LogP contribution >= 0.6 is 0 Å². The number of benzene rings is 1. The predicted octanol–water partition coefficient (Wildman–Crippen LogP) is 7.78. The zero-order chi connectivity index (χ0) is 24.6. The van der Waals surface area contributed by atoms with E-state index >= 15 is 0 Å². The molecule has 0 aromatic heterocycles. The Morgan fingerprint density at radius 2 is 1.09 bits per heavy atom. The van der Waals surface area contributed by atoms with Gasteiger partial charge in [0.15, 0.2) is 0 Å². The van der Waals surface area contributed by atoms with E-state index in [1.54, 1.807) is 24.3 Å². The molecular formula is C29H40O4. The minimum atomic E-state index is -0.431. The Hall–Kier alpha value is -2.88. The molecule has 0 bridgehead atoms. The molecule has 0 heterocycles. The summed E-state index contributed by atoms with van der Waals surface area (Å²) in [5.41, 5.74) is 6.28. The third-order valence-corrected chi connectivity index (χ3v) is 5.34. The topological polar surface area (TPSA) is 52.6 Å². The van der Waals surface area contributed by atoms with Gasteiger partial charge in [0.2, 0.25) is 0 Å². The number of methoxy groups -OCH3 is 1. The van der Waals surface area contributed by atoms with Gasteiger partial charge in [-0.15, -0.1) is 0 Å². The zero-order valence-electron chi connectivity index (χ0n) is 21.2. The minimum Gasteiger partial charge on any atom is -0.465 e. The summed E-state index contributed by atoms with van der Waals surface area (Å²) in [7, 11) is 1.32. The summed E-state index contributed by atoms with van der Waals surface area (Å²) in [6.07, 6.45) is 15.3. The van der Waals surface area contributed by atoms with Gasteiger partial charge in [-0.05, 0) is 103 Å². The van der Waals surface area contributed by atoms with Gasteiger partial charge in [0, 0.05) is 0 Å². The molecular weight excluding hydrogens is 412 g/mol. The van der Waals surface area contributed by atoms with Gasteiger partial charge in [-0.25, -0.2) is 9.59 Å². The Morgan fingerprint density at radius 3 is 1.55 bits per heavy atom. The molecule has 0 radical (unpaired) electrons. The maximum Gasteiger partial charge on any atom is 0.338 e. The first-order valence-electron chi connectivity index (χ1n) is 11.7. The monoisotopic (exact) mass is 452 g/mol. The standard InChI is InChI=1S/C29H40O4/c1-22(2)10-7-11-23(3)12-8-13-24(4)14-9-15-25(5)20-21-33-29(31)27-18-16-26(17-19-27)28(30)32-6/h10,12,14,16-20H,7-9,11,13,15,21H2,1-6H3/b23-12+,24-14+,25-20+. The van der Waals surface area contributed by atoms with Crippen LogP contribution in [0.2, 0.25) is 0 Å². The summed E-state index contributed by atoms with van der Waals surface area (Å²) in [6.45, 7) is 11.0. The fourth-order valence-corrected chi connectivity index (χ4v) is 3.19. The number of esters is 2. The van der Waals surface area contributed by atoms with Crippen molar-refractivity contribution in [1.82, 2.24) is 0 Å². The van der Waals surface area contributed by atoms with Crippen LogP contribution < -0.4 is 0 Å². The van der Waals surface area contributed by atoms with Crippen LogP contribution in [0, 0.1) is 0 Å². The van der Waals surface area contributed by atoms with E-state index in [1.807, 2.05) is 6.08 Å². The second kappa shape index (κ2) is 15.8. The van der Waals surface area contributed by atoms with Crippen molar-refractivity contribution < 1.29 is 19.1 Å². The molecule has 0 fully saturated rings. The number of hydrogen-bond acceptors (Lipinski definition) is 4. The Labute approximate surface area is 200 Å². The van der Waals surface area contributed by atoms with Crippen LogP contribution in [0.4, 0.5) is 0 Å². The highest BCUT2D eigenvalue weighted by Gasteiger charge is 2.09. The van der Waals surface area contributed by atoms with E-state index in [-0.39, 0.29) is 6.61 Å². The highest BCUT2D eigenvalue weighted by atomic mass is 16.5. The van der Waals surface area contributed by atoms with Crippen molar-refractivity contribution in [1.29, 1.82) is 0 Å². The summed E-state index contributed by atoms with van der Waals surface area (Å²) in [4.78, 5) is 23.6. The SMILES string of the molecule is COC(=O)c1ccc(C(=O)OC/C=C(\C)CC/C=C(\C)CC/C=C(\C)CCC=C(C)C)cc1. The molecule has 0 aliphatic rings. The maximum atomic E-state index is 12.1. The van der Waals surface area contributed by atoms with Crippen molar-refractivity contribution in [2.75, 3.05) is 13.7 Å². The minimum absolute atomic E-state index is 0.239. The van der Waals surface area contributed by atoms with Gasteiger partial charge in [-0.3, -0.25) is 0 Å². The molecule has 0 atom stereocenters. The maximum absolute atomic E-state index is 12.1. The molecule has 0 N–H and O–H groups in total. The largest absolute Gasteiger partial charge is 0.465 e. The van der Waals surface area contributed by atoms with E-state index in [0.717, 1.165) is 38.5 Å². The van der Waals surface area contributed by atoms with Crippen molar-refractivity contribution >= 4 is 11.9 Å². The first-order valence-corrected chi connectivity index (χ1v) is 11.7. The van der Waals surface area contributed by atoms with Crippen molar-refractivity contribution in [3.8, 4) is 0 Å². The van der Waals surface area contributed by atoms with Gasteiger partial charge in [0.25, 0.3) is 0 Å². The molecule has 1 aromatic carbocycles. The third kappa shape index (κ3) is 12.7. The highest BCUT2D eigenvalue weighted by Crippen LogP contribution is 2.14. The van der Waals surface area contributed by atoms with E-state index in [2.05, 4.69) is 57.6 Å². The first-order chi connectivity index (χ1) is 15.7. The lowest BCUT2D eigenvalue weighted by molar-refractivity contribution is 0.0545. The van der Waals surface area contributed by atoms with E-state index in [4.69, 9.17) is 4.74 Å². The average molecular weight is 453 g/mol. The number of allylic oxidation sites excluding steroid dienone is 7. The molecule has 4 heteroatoms. The number of carbonyl (C=O) groups is 2. The van der Waals surface area contributed by atoms with Gasteiger partial charge >= 0.3 is 11.9 Å². The van der Waals surface area contributed by atoms with E-state index < -0.39 is 11.9 Å². The molecule has 4 nitrogen and oxygen atoms in total. The molecule has 0 unspecified atom stereocenters. The van der Waals surface area contributed by atoms with Gasteiger partial charge in [0.05, 0.1) is 18.2 Å². The Bertz CT molecular complexity index is 879. The van der Waals surface area contributed by atoms with Crippen LogP contribution in [0.5, 0.6) is 0 Å². The number of carbonyl (C=O) groups excluding carboxylic acids is 2. The number of hydrogen-bond donors (Lipinski definition) is 0. The van der Waals surface area contributed by atoms with Gasteiger partial charge in [0.1, 0.15) is 6.61 Å². The zero-order valence-corrected chi connectivity index (χ0v) is 21.2. The molecule has 1 rings (SSSR count). The van der Waals surface area contributed by atoms with Gasteiger partial charge in [-0.2, -0.15) is 0 Å². The van der Waals surface area contributed by atoms with E-state index in [9.17, 15) is 9.59 Å². The first kappa shape index (κ1) is 28.2. The number of ether oxygens (including phenoxy) is 2. The summed E-state index contributed by atoms with van der Waals surface area (Å²) < 4.78 is 9.96. The summed E-state index contributed by atoms with van der Waals surface area (Å²) >= 11 is 0. The fraction of sp³-hybridized carbons (Fsp3) is 0.448. The lowest BCUT2D eigenvalue weighted by atomic mass is 10.0. The van der Waals surface area contributed by atoms with E-state index in [1.165, 1.54) is 29.4 Å². The van der Waals surface area contributed by atoms with Crippen LogP contribution in [0.15, 0.2) is 70.9 Å². The number of rotatable bonds is 13. The van der Waals surface area contributed by atoms with Crippen molar-refractivity contribution in [2.24, 2.45) is 0 Å². The summed E-state index contributed by atoms with van der Waals surface area (Å²) in [5, 5.41) is 0. The molecule has 0 amide bonds. The third-order valence-electron chi connectivity index (χ3n) is 5.34. The molecule has 33 heavy (non-hydrogen) atoms. The molecule has 180 valence electrons. The molecule has 0 saturated carbocycles. The van der Waals surface area contributed by atoms with E-state index in [0.29, 0.717) is 11.1 Å². The van der Waals surface area contributed by atoms with Crippen molar-refractivity contribution in [2.45, 2.75) is 73.1 Å². The molecule has 1 aromatic rings. The van der Waals surface area contributed by atoms with Gasteiger partial charge in [-0.1, -0.05) is 40.5 Å². The highest BCUT2D eigenvalue weighted by molar-refractivity contribution is 5.93. The lowest BCUT2D eigenvalue weighted by Crippen LogP contribution is -2.07. The average Bonchev–Trinajstić information content (AvgIpc) is 2.78. The fourth-order valence-electron chi connectivity index (χ4n) is 3.19.